The molecule has 1 atom stereocenters. The quantitative estimate of drug-likeness (QED) is 0.372. The molecule has 35 heavy (non-hydrogen) atoms. The number of methoxy groups -OCH3 is 4. The van der Waals surface area contributed by atoms with Crippen molar-refractivity contribution in [1.29, 1.82) is 0 Å². The number of para-hydroxylation sites is 1. The Hall–Kier alpha value is -4.47. The van der Waals surface area contributed by atoms with Gasteiger partial charge in [0.25, 0.3) is 5.69 Å². The van der Waals surface area contributed by atoms with Crippen LogP contribution in [0.25, 0.3) is 0 Å². The van der Waals surface area contributed by atoms with Gasteiger partial charge in [-0.1, -0.05) is 23.4 Å². The van der Waals surface area contributed by atoms with Crippen molar-refractivity contribution in [3.63, 3.8) is 0 Å². The highest BCUT2D eigenvalue weighted by molar-refractivity contribution is 6.05. The molecular formula is C25H24N2O8. The number of nitrogens with zero attached hydrogens (tertiary/aromatic N) is 2. The number of phenolic OH excluding ortho intramolecular Hbond substituents is 1. The Kier molecular flexibility index (Phi) is 6.37. The fourth-order valence-electron chi connectivity index (χ4n) is 4.19. The second-order valence-corrected chi connectivity index (χ2v) is 7.71. The number of nitro benzene ring substituents is 1. The molecular weight excluding hydrogens is 456 g/mol. The average Bonchev–Trinajstić information content (AvgIpc) is 3.34. The van der Waals surface area contributed by atoms with E-state index in [0.717, 1.165) is 0 Å². The zero-order valence-electron chi connectivity index (χ0n) is 19.6. The summed E-state index contributed by atoms with van der Waals surface area (Å²) < 4.78 is 21.7. The highest BCUT2D eigenvalue weighted by atomic mass is 16.7. The van der Waals surface area contributed by atoms with E-state index in [4.69, 9.17) is 23.8 Å². The molecule has 0 spiro atoms. The third-order valence-corrected chi connectivity index (χ3v) is 5.92. The van der Waals surface area contributed by atoms with Crippen molar-refractivity contribution >= 4 is 11.4 Å². The van der Waals surface area contributed by atoms with E-state index < -0.39 is 10.5 Å². The molecule has 1 N–H and O–H groups in total. The summed E-state index contributed by atoms with van der Waals surface area (Å²) >= 11 is 0. The number of rotatable bonds is 8. The fourth-order valence-corrected chi connectivity index (χ4v) is 4.19. The van der Waals surface area contributed by atoms with E-state index in [1.54, 1.807) is 42.5 Å². The molecule has 3 aromatic rings. The summed E-state index contributed by atoms with van der Waals surface area (Å²) in [7, 11) is 5.94. The number of hydrogen-bond donors (Lipinski definition) is 1. The lowest BCUT2D eigenvalue weighted by molar-refractivity contribution is -0.385. The summed E-state index contributed by atoms with van der Waals surface area (Å²) in [5.41, 5.74) is 0.477. The van der Waals surface area contributed by atoms with Crippen LogP contribution in [0, 0.1) is 10.1 Å². The minimum Gasteiger partial charge on any atom is -0.504 e. The second-order valence-electron chi connectivity index (χ2n) is 7.71. The molecule has 10 nitrogen and oxygen atoms in total. The van der Waals surface area contributed by atoms with Gasteiger partial charge in [-0.05, 0) is 30.3 Å². The molecule has 4 rings (SSSR count). The summed E-state index contributed by atoms with van der Waals surface area (Å²) in [5.74, 6) is 1.36. The van der Waals surface area contributed by atoms with E-state index in [2.05, 4.69) is 5.16 Å². The van der Waals surface area contributed by atoms with E-state index in [-0.39, 0.29) is 23.6 Å². The van der Waals surface area contributed by atoms with Gasteiger partial charge in [0.15, 0.2) is 28.6 Å². The lowest BCUT2D eigenvalue weighted by Gasteiger charge is -2.29. The van der Waals surface area contributed by atoms with E-state index in [1.807, 2.05) is 0 Å². The van der Waals surface area contributed by atoms with Crippen LogP contribution in [0.15, 0.2) is 59.8 Å². The van der Waals surface area contributed by atoms with Crippen molar-refractivity contribution in [2.75, 3.05) is 28.4 Å². The maximum absolute atomic E-state index is 11.6. The van der Waals surface area contributed by atoms with E-state index in [1.165, 1.54) is 40.6 Å². The number of oxime groups is 1. The van der Waals surface area contributed by atoms with Gasteiger partial charge in [-0.15, -0.1) is 0 Å². The molecule has 1 aliphatic heterocycles. The zero-order valence-corrected chi connectivity index (χ0v) is 19.6. The lowest BCUT2D eigenvalue weighted by Crippen LogP contribution is -2.28. The first-order valence-corrected chi connectivity index (χ1v) is 10.5. The summed E-state index contributed by atoms with van der Waals surface area (Å²) in [5, 5.41) is 26.4. The van der Waals surface area contributed by atoms with Crippen LogP contribution >= 0.6 is 0 Å². The molecule has 182 valence electrons. The normalized spacial score (nSPS) is 16.7. The minimum absolute atomic E-state index is 0.0897. The number of nitro groups is 1. The maximum Gasteiger partial charge on any atom is 0.278 e. The van der Waals surface area contributed by atoms with Gasteiger partial charge in [-0.2, -0.15) is 0 Å². The SMILES string of the molecule is COc1ccc(C2(c3cc(OC)c(OC)c(OC)c3)CC(c3ccccc3[N+](=O)[O-])=NO2)cc1O. The molecule has 10 heteroatoms. The van der Waals surface area contributed by atoms with Crippen LogP contribution in [-0.4, -0.2) is 44.2 Å². The Bertz CT molecular complexity index is 1280. The Balaban J connectivity index is 1.92. The van der Waals surface area contributed by atoms with Gasteiger partial charge in [0.05, 0.1) is 44.6 Å². The van der Waals surface area contributed by atoms with Crippen LogP contribution in [0.5, 0.6) is 28.7 Å². The van der Waals surface area contributed by atoms with Crippen molar-refractivity contribution in [1.82, 2.24) is 0 Å². The molecule has 0 saturated carbocycles. The van der Waals surface area contributed by atoms with Crippen molar-refractivity contribution in [3.05, 3.63) is 81.4 Å². The van der Waals surface area contributed by atoms with Gasteiger partial charge in [0, 0.05) is 23.6 Å². The molecule has 0 amide bonds. The van der Waals surface area contributed by atoms with Gasteiger partial charge in [0.1, 0.15) is 0 Å². The zero-order chi connectivity index (χ0) is 25.2. The van der Waals surface area contributed by atoms with Gasteiger partial charge < -0.3 is 28.9 Å². The van der Waals surface area contributed by atoms with Crippen molar-refractivity contribution < 1.29 is 33.8 Å². The van der Waals surface area contributed by atoms with Crippen LogP contribution in [0.1, 0.15) is 23.1 Å². The first kappa shape index (κ1) is 23.7. The fraction of sp³-hybridized carbons (Fsp3) is 0.240. The number of benzene rings is 3. The molecule has 0 fully saturated rings. The van der Waals surface area contributed by atoms with E-state index in [9.17, 15) is 15.2 Å². The minimum atomic E-state index is -1.27. The molecule has 1 heterocycles. The third-order valence-electron chi connectivity index (χ3n) is 5.92. The Morgan fingerprint density at radius 3 is 2.14 bits per heavy atom. The highest BCUT2D eigenvalue weighted by Gasteiger charge is 2.46. The van der Waals surface area contributed by atoms with E-state index in [0.29, 0.717) is 39.7 Å². The van der Waals surface area contributed by atoms with Crippen LogP contribution in [0.2, 0.25) is 0 Å². The van der Waals surface area contributed by atoms with Crippen LogP contribution < -0.4 is 18.9 Å². The highest BCUT2D eigenvalue weighted by Crippen LogP contribution is 2.49. The molecule has 1 aliphatic rings. The molecule has 0 radical (unpaired) electrons. The van der Waals surface area contributed by atoms with Crippen LogP contribution in [-0.2, 0) is 10.4 Å². The molecule has 0 aromatic heterocycles. The Labute approximate surface area is 201 Å². The van der Waals surface area contributed by atoms with Crippen molar-refractivity contribution in [3.8, 4) is 28.7 Å². The van der Waals surface area contributed by atoms with Crippen molar-refractivity contribution in [2.45, 2.75) is 12.0 Å². The van der Waals surface area contributed by atoms with Gasteiger partial charge in [-0.3, -0.25) is 10.1 Å². The smallest absolute Gasteiger partial charge is 0.278 e. The topological polar surface area (TPSA) is 122 Å². The first-order chi connectivity index (χ1) is 16.9. The summed E-state index contributed by atoms with van der Waals surface area (Å²) in [6.07, 6.45) is 0.127. The number of phenols is 1. The van der Waals surface area contributed by atoms with Crippen molar-refractivity contribution in [2.24, 2.45) is 5.16 Å². The summed E-state index contributed by atoms with van der Waals surface area (Å²) in [6.45, 7) is 0. The predicted octanol–water partition coefficient (Wildman–Crippen LogP) is 4.40. The lowest BCUT2D eigenvalue weighted by atomic mass is 9.81. The second kappa shape index (κ2) is 9.41. The number of ether oxygens (including phenoxy) is 4. The van der Waals surface area contributed by atoms with Gasteiger partial charge in [0.2, 0.25) is 5.75 Å². The standard InChI is InChI=1S/C25H24N2O8/c1-31-21-10-9-15(11-20(21)28)25(16-12-22(32-2)24(34-4)23(13-16)33-3)14-18(26-35-25)17-7-5-6-8-19(17)27(29)30/h5-13,28H,14H2,1-4H3. The molecule has 0 saturated heterocycles. The molecule has 0 bridgehead atoms. The molecule has 1 unspecified atom stereocenters. The maximum atomic E-state index is 11.6. The Morgan fingerprint density at radius 2 is 1.57 bits per heavy atom. The first-order valence-electron chi connectivity index (χ1n) is 10.5. The summed E-state index contributed by atoms with van der Waals surface area (Å²) in [6, 6.07) is 14.6. The van der Waals surface area contributed by atoms with E-state index >= 15 is 0 Å². The van der Waals surface area contributed by atoms with Crippen LogP contribution in [0.4, 0.5) is 5.69 Å². The Morgan fingerprint density at radius 1 is 0.914 bits per heavy atom. The summed E-state index contributed by atoms with van der Waals surface area (Å²) in [4.78, 5) is 17.3. The van der Waals surface area contributed by atoms with Crippen LogP contribution in [0.3, 0.4) is 0 Å². The third kappa shape index (κ3) is 4.03. The number of hydrogen-bond acceptors (Lipinski definition) is 9. The number of aromatic hydroxyl groups is 1. The van der Waals surface area contributed by atoms with Gasteiger partial charge in [-0.25, -0.2) is 0 Å². The largest absolute Gasteiger partial charge is 0.504 e. The predicted molar refractivity (Wildman–Crippen MR) is 127 cm³/mol. The van der Waals surface area contributed by atoms with Gasteiger partial charge >= 0.3 is 0 Å². The molecule has 3 aromatic carbocycles. The monoisotopic (exact) mass is 480 g/mol. The average molecular weight is 480 g/mol. The molecule has 0 aliphatic carbocycles.